The van der Waals surface area contributed by atoms with E-state index in [0.717, 1.165) is 12.0 Å². The van der Waals surface area contributed by atoms with E-state index in [1.807, 2.05) is 6.92 Å². The summed E-state index contributed by atoms with van der Waals surface area (Å²) in [5, 5.41) is 0. The molecule has 0 radical (unpaired) electrons. The molecular formula is C23H26O7S. The Labute approximate surface area is 182 Å². The van der Waals surface area contributed by atoms with Crippen molar-refractivity contribution in [3.05, 3.63) is 47.5 Å². The van der Waals surface area contributed by atoms with Crippen molar-refractivity contribution < 1.29 is 31.7 Å². The van der Waals surface area contributed by atoms with E-state index in [2.05, 4.69) is 0 Å². The number of ketones is 2. The Hall–Kier alpha value is -2.87. The highest BCUT2D eigenvalue weighted by Gasteiger charge is 2.30. The Bertz CT molecular complexity index is 1070. The maximum Gasteiger partial charge on any atom is 0.339 e. The quantitative estimate of drug-likeness (QED) is 0.428. The SMILES string of the molecule is COc1cc(CCC(=O)C2CCCC2=O)cc(OS(=O)(=O)c2ccc(C)cc2)c1OC. The van der Waals surface area contributed by atoms with Crippen LogP contribution in [0.2, 0.25) is 0 Å². The van der Waals surface area contributed by atoms with Gasteiger partial charge >= 0.3 is 10.1 Å². The van der Waals surface area contributed by atoms with Crippen LogP contribution in [0, 0.1) is 12.8 Å². The highest BCUT2D eigenvalue weighted by molar-refractivity contribution is 7.87. The highest BCUT2D eigenvalue weighted by Crippen LogP contribution is 2.40. The van der Waals surface area contributed by atoms with Crippen molar-refractivity contribution in [2.45, 2.75) is 43.9 Å². The van der Waals surface area contributed by atoms with Crippen molar-refractivity contribution in [2.24, 2.45) is 5.92 Å². The van der Waals surface area contributed by atoms with E-state index in [0.29, 0.717) is 30.6 Å². The predicted molar refractivity (Wildman–Crippen MR) is 114 cm³/mol. The van der Waals surface area contributed by atoms with Crippen LogP contribution in [-0.4, -0.2) is 34.2 Å². The Morgan fingerprint density at radius 2 is 1.74 bits per heavy atom. The van der Waals surface area contributed by atoms with E-state index in [1.165, 1.54) is 32.4 Å². The number of carbonyl (C=O) groups excluding carboxylic acids is 2. The topological polar surface area (TPSA) is 96.0 Å². The third-order valence-corrected chi connectivity index (χ3v) is 6.62. The van der Waals surface area contributed by atoms with Gasteiger partial charge in [-0.15, -0.1) is 0 Å². The van der Waals surface area contributed by atoms with Gasteiger partial charge < -0.3 is 13.7 Å². The van der Waals surface area contributed by atoms with Crippen molar-refractivity contribution in [1.29, 1.82) is 0 Å². The molecule has 2 aromatic rings. The Morgan fingerprint density at radius 1 is 1.06 bits per heavy atom. The summed E-state index contributed by atoms with van der Waals surface area (Å²) >= 11 is 0. The van der Waals surface area contributed by atoms with Gasteiger partial charge in [-0.3, -0.25) is 9.59 Å². The van der Waals surface area contributed by atoms with Crippen LogP contribution in [0.15, 0.2) is 41.3 Å². The minimum absolute atomic E-state index is 0.00512. The molecule has 7 nitrogen and oxygen atoms in total. The number of methoxy groups -OCH3 is 2. The fraction of sp³-hybridized carbons (Fsp3) is 0.391. The van der Waals surface area contributed by atoms with Gasteiger partial charge in [-0.2, -0.15) is 8.42 Å². The number of hydrogen-bond donors (Lipinski definition) is 0. The lowest BCUT2D eigenvalue weighted by molar-refractivity contribution is -0.130. The molecule has 0 spiro atoms. The second kappa shape index (κ2) is 9.51. The molecule has 1 aliphatic rings. The number of aryl methyl sites for hydroxylation is 2. The van der Waals surface area contributed by atoms with Gasteiger partial charge in [-0.05, 0) is 56.0 Å². The van der Waals surface area contributed by atoms with Crippen LogP contribution in [0.1, 0.15) is 36.8 Å². The molecule has 8 heteroatoms. The smallest absolute Gasteiger partial charge is 0.339 e. The van der Waals surface area contributed by atoms with Crippen molar-refractivity contribution >= 4 is 21.7 Å². The summed E-state index contributed by atoms with van der Waals surface area (Å²) in [6.07, 6.45) is 2.31. The van der Waals surface area contributed by atoms with Crippen LogP contribution in [0.25, 0.3) is 0 Å². The minimum Gasteiger partial charge on any atom is -0.493 e. The van der Waals surface area contributed by atoms with Gasteiger partial charge in [0.15, 0.2) is 11.5 Å². The molecule has 0 aliphatic heterocycles. The van der Waals surface area contributed by atoms with Gasteiger partial charge in [0.2, 0.25) is 5.75 Å². The lowest BCUT2D eigenvalue weighted by atomic mass is 9.96. The lowest BCUT2D eigenvalue weighted by Crippen LogP contribution is -2.19. The summed E-state index contributed by atoms with van der Waals surface area (Å²) in [5.41, 5.74) is 1.57. The van der Waals surface area contributed by atoms with Crippen molar-refractivity contribution in [3.8, 4) is 17.2 Å². The van der Waals surface area contributed by atoms with Gasteiger partial charge in [-0.1, -0.05) is 17.7 Å². The van der Waals surface area contributed by atoms with Crippen LogP contribution < -0.4 is 13.7 Å². The molecule has 166 valence electrons. The van der Waals surface area contributed by atoms with E-state index >= 15 is 0 Å². The molecule has 0 amide bonds. The van der Waals surface area contributed by atoms with E-state index in [9.17, 15) is 18.0 Å². The largest absolute Gasteiger partial charge is 0.493 e. The standard InChI is InChI=1S/C23H26O7S/c1-15-7-10-17(11-8-15)31(26,27)30-22-14-16(13-21(28-2)23(22)29-3)9-12-20(25)18-5-4-6-19(18)24/h7-8,10-11,13-14,18H,4-6,9,12H2,1-3H3. The third kappa shape index (κ3) is 5.25. The fourth-order valence-electron chi connectivity index (χ4n) is 3.66. The molecule has 3 rings (SSSR count). The first-order valence-corrected chi connectivity index (χ1v) is 11.5. The van der Waals surface area contributed by atoms with Crippen molar-refractivity contribution in [1.82, 2.24) is 0 Å². The van der Waals surface area contributed by atoms with Gasteiger partial charge in [-0.25, -0.2) is 0 Å². The molecule has 31 heavy (non-hydrogen) atoms. The predicted octanol–water partition coefficient (Wildman–Crippen LogP) is 3.65. The zero-order valence-corrected chi connectivity index (χ0v) is 18.7. The number of carbonyl (C=O) groups is 2. The summed E-state index contributed by atoms with van der Waals surface area (Å²) < 4.78 is 41.6. The lowest BCUT2D eigenvalue weighted by Gasteiger charge is -2.16. The van der Waals surface area contributed by atoms with E-state index in [1.54, 1.807) is 18.2 Å². The average molecular weight is 447 g/mol. The summed E-state index contributed by atoms with van der Waals surface area (Å²) in [4.78, 5) is 24.3. The van der Waals surface area contributed by atoms with Gasteiger partial charge in [0.1, 0.15) is 16.5 Å². The molecule has 1 saturated carbocycles. The van der Waals surface area contributed by atoms with Gasteiger partial charge in [0, 0.05) is 12.8 Å². The maximum atomic E-state index is 12.8. The number of rotatable bonds is 9. The zero-order valence-electron chi connectivity index (χ0n) is 17.8. The summed E-state index contributed by atoms with van der Waals surface area (Å²) in [6, 6.07) is 9.50. The van der Waals surface area contributed by atoms with Crippen LogP contribution in [0.3, 0.4) is 0 Å². The molecule has 0 aromatic heterocycles. The van der Waals surface area contributed by atoms with E-state index in [-0.39, 0.29) is 34.4 Å². The summed E-state index contributed by atoms with van der Waals surface area (Å²) in [6.45, 7) is 1.86. The second-order valence-electron chi connectivity index (χ2n) is 7.56. The normalized spacial score (nSPS) is 16.2. The molecule has 1 aliphatic carbocycles. The molecule has 0 N–H and O–H groups in total. The third-order valence-electron chi connectivity index (χ3n) is 5.37. The first-order chi connectivity index (χ1) is 14.7. The van der Waals surface area contributed by atoms with Crippen molar-refractivity contribution in [2.75, 3.05) is 14.2 Å². The van der Waals surface area contributed by atoms with Crippen LogP contribution in [0.5, 0.6) is 17.2 Å². The zero-order chi connectivity index (χ0) is 22.6. The molecule has 2 aromatic carbocycles. The first-order valence-electron chi connectivity index (χ1n) is 10.1. The molecule has 0 saturated heterocycles. The number of Topliss-reactive ketones (excluding diaryl/α,β-unsaturated/α-hetero) is 2. The monoisotopic (exact) mass is 446 g/mol. The molecule has 0 bridgehead atoms. The Balaban J connectivity index is 1.86. The summed E-state index contributed by atoms with van der Waals surface area (Å²) in [5.74, 6) is -0.199. The van der Waals surface area contributed by atoms with E-state index in [4.69, 9.17) is 13.7 Å². The maximum absolute atomic E-state index is 12.8. The van der Waals surface area contributed by atoms with Crippen LogP contribution in [0.4, 0.5) is 0 Å². The van der Waals surface area contributed by atoms with Crippen LogP contribution in [-0.2, 0) is 26.1 Å². The molecule has 1 atom stereocenters. The number of hydrogen-bond acceptors (Lipinski definition) is 7. The Morgan fingerprint density at radius 3 is 2.32 bits per heavy atom. The number of ether oxygens (including phenoxy) is 2. The van der Waals surface area contributed by atoms with Gasteiger partial charge in [0.05, 0.1) is 20.1 Å². The molecule has 1 fully saturated rings. The number of benzene rings is 2. The fourth-order valence-corrected chi connectivity index (χ4v) is 4.59. The first kappa shape index (κ1) is 22.8. The second-order valence-corrected chi connectivity index (χ2v) is 9.10. The Kier molecular flexibility index (Phi) is 7.00. The van der Waals surface area contributed by atoms with Crippen LogP contribution >= 0.6 is 0 Å². The molecule has 0 heterocycles. The van der Waals surface area contributed by atoms with Crippen molar-refractivity contribution in [3.63, 3.8) is 0 Å². The molecule has 1 unspecified atom stereocenters. The van der Waals surface area contributed by atoms with E-state index < -0.39 is 16.0 Å². The average Bonchev–Trinajstić information content (AvgIpc) is 3.17. The summed E-state index contributed by atoms with van der Waals surface area (Å²) in [7, 11) is -1.28. The van der Waals surface area contributed by atoms with Gasteiger partial charge in [0.25, 0.3) is 0 Å². The highest BCUT2D eigenvalue weighted by atomic mass is 32.2. The minimum atomic E-state index is -4.10. The molecular weight excluding hydrogens is 420 g/mol.